The summed E-state index contributed by atoms with van der Waals surface area (Å²) < 4.78 is 10.0. The number of ether oxygens (including phenoxy) is 1. The highest BCUT2D eigenvalue weighted by molar-refractivity contribution is 6.36. The minimum atomic E-state index is -0.669. The molecule has 0 saturated heterocycles. The molecule has 0 spiro atoms. The smallest absolute Gasteiger partial charge is 0.359 e. The van der Waals surface area contributed by atoms with E-state index in [1.807, 2.05) is 13.8 Å². The highest BCUT2D eigenvalue weighted by Gasteiger charge is 2.22. The first-order chi connectivity index (χ1) is 8.45. The minimum absolute atomic E-state index is 0.0740. The van der Waals surface area contributed by atoms with Crippen LogP contribution < -0.4 is 0 Å². The third kappa shape index (κ3) is 2.04. The summed E-state index contributed by atoms with van der Waals surface area (Å²) in [4.78, 5) is 19.5. The Kier molecular flexibility index (Phi) is 3.45. The fraction of sp³-hybridized carbons (Fsp3) is 0.364. The summed E-state index contributed by atoms with van der Waals surface area (Å²) in [7, 11) is 1.24. The predicted octanol–water partition coefficient (Wildman–Crippen LogP) is 3.44. The molecule has 0 bridgehead atoms. The monoisotopic (exact) mass is 288 g/mol. The van der Waals surface area contributed by atoms with Gasteiger partial charge in [0.15, 0.2) is 10.8 Å². The van der Waals surface area contributed by atoms with Crippen LogP contribution in [-0.4, -0.2) is 23.0 Å². The second kappa shape index (κ2) is 4.74. The average molecular weight is 289 g/mol. The van der Waals surface area contributed by atoms with E-state index in [1.54, 1.807) is 0 Å². The molecule has 0 aromatic carbocycles. The first-order valence-corrected chi connectivity index (χ1v) is 5.95. The summed E-state index contributed by atoms with van der Waals surface area (Å²) in [6, 6.07) is 0. The van der Waals surface area contributed by atoms with Gasteiger partial charge in [0.1, 0.15) is 16.3 Å². The molecule has 0 unspecified atom stereocenters. The molecule has 2 aromatic heterocycles. The maximum atomic E-state index is 11.4. The molecule has 0 N–H and O–H groups in total. The van der Waals surface area contributed by atoms with Crippen molar-refractivity contribution in [1.82, 2.24) is 9.97 Å². The van der Waals surface area contributed by atoms with E-state index in [1.165, 1.54) is 7.11 Å². The van der Waals surface area contributed by atoms with E-state index < -0.39 is 5.97 Å². The number of carbonyl (C=O) groups excluding carboxylic acids is 1. The Labute approximate surface area is 113 Å². The lowest BCUT2D eigenvalue weighted by Crippen LogP contribution is -2.06. The van der Waals surface area contributed by atoms with Crippen LogP contribution in [0.15, 0.2) is 4.42 Å². The van der Waals surface area contributed by atoms with E-state index in [-0.39, 0.29) is 22.5 Å². The van der Waals surface area contributed by atoms with Crippen LogP contribution >= 0.6 is 23.2 Å². The summed E-state index contributed by atoms with van der Waals surface area (Å²) in [6.45, 7) is 3.85. The van der Waals surface area contributed by atoms with Gasteiger partial charge in [0.2, 0.25) is 5.71 Å². The fourth-order valence-corrected chi connectivity index (χ4v) is 2.05. The maximum absolute atomic E-state index is 11.4. The first kappa shape index (κ1) is 13.1. The van der Waals surface area contributed by atoms with Gasteiger partial charge in [0, 0.05) is 5.92 Å². The summed E-state index contributed by atoms with van der Waals surface area (Å²) in [5.74, 6) is -0.0311. The van der Waals surface area contributed by atoms with Gasteiger partial charge in [0.25, 0.3) is 0 Å². The second-order valence-corrected chi connectivity index (χ2v) is 4.68. The molecule has 0 aliphatic heterocycles. The normalized spacial score (nSPS) is 11.2. The Morgan fingerprint density at radius 3 is 2.56 bits per heavy atom. The Morgan fingerprint density at radius 2 is 2.00 bits per heavy atom. The molecule has 0 aliphatic carbocycles. The van der Waals surface area contributed by atoms with Crippen molar-refractivity contribution in [3.8, 4) is 0 Å². The highest BCUT2D eigenvalue weighted by Crippen LogP contribution is 2.34. The molecule has 7 heteroatoms. The van der Waals surface area contributed by atoms with Gasteiger partial charge in [-0.05, 0) is 0 Å². The number of carbonyl (C=O) groups is 1. The van der Waals surface area contributed by atoms with Gasteiger partial charge in [-0.2, -0.15) is 4.98 Å². The quantitative estimate of drug-likeness (QED) is 0.792. The van der Waals surface area contributed by atoms with E-state index in [0.29, 0.717) is 16.3 Å². The topological polar surface area (TPSA) is 65.2 Å². The van der Waals surface area contributed by atoms with E-state index >= 15 is 0 Å². The summed E-state index contributed by atoms with van der Waals surface area (Å²) in [6.07, 6.45) is 0. The number of furan rings is 1. The lowest BCUT2D eigenvalue weighted by atomic mass is 10.1. The van der Waals surface area contributed by atoms with Crippen LogP contribution in [0.4, 0.5) is 0 Å². The summed E-state index contributed by atoms with van der Waals surface area (Å²) in [5.41, 5.74) is 0.441. The van der Waals surface area contributed by atoms with Gasteiger partial charge in [-0.15, -0.1) is 0 Å². The predicted molar refractivity (Wildman–Crippen MR) is 67.3 cm³/mol. The number of methoxy groups -OCH3 is 1. The number of aromatic nitrogens is 2. The van der Waals surface area contributed by atoms with Crippen LogP contribution in [0.5, 0.6) is 0 Å². The lowest BCUT2D eigenvalue weighted by molar-refractivity contribution is 0.0594. The zero-order valence-electron chi connectivity index (χ0n) is 9.95. The zero-order chi connectivity index (χ0) is 13.4. The molecule has 0 saturated carbocycles. The Bertz CT molecular complexity index is 622. The molecule has 0 atom stereocenters. The van der Waals surface area contributed by atoms with Crippen molar-refractivity contribution in [2.24, 2.45) is 0 Å². The fourth-order valence-electron chi connectivity index (χ4n) is 1.48. The van der Waals surface area contributed by atoms with Crippen molar-refractivity contribution in [2.75, 3.05) is 7.11 Å². The number of rotatable bonds is 2. The first-order valence-electron chi connectivity index (χ1n) is 5.19. The molecule has 5 nitrogen and oxygen atoms in total. The van der Waals surface area contributed by atoms with Crippen LogP contribution in [0.2, 0.25) is 10.2 Å². The minimum Gasteiger partial charge on any atom is -0.464 e. The third-order valence-electron chi connectivity index (χ3n) is 2.36. The largest absolute Gasteiger partial charge is 0.464 e. The van der Waals surface area contributed by atoms with Crippen molar-refractivity contribution in [3.63, 3.8) is 0 Å². The molecule has 2 aromatic rings. The van der Waals surface area contributed by atoms with E-state index in [0.717, 1.165) is 0 Å². The number of esters is 1. The van der Waals surface area contributed by atoms with Crippen molar-refractivity contribution < 1.29 is 13.9 Å². The van der Waals surface area contributed by atoms with Crippen molar-refractivity contribution in [3.05, 3.63) is 21.6 Å². The van der Waals surface area contributed by atoms with Crippen LogP contribution in [0.1, 0.15) is 36.0 Å². The van der Waals surface area contributed by atoms with Gasteiger partial charge in [-0.3, -0.25) is 0 Å². The summed E-state index contributed by atoms with van der Waals surface area (Å²) in [5, 5.41) is 0.268. The molecule has 0 radical (unpaired) electrons. The van der Waals surface area contributed by atoms with Crippen molar-refractivity contribution in [2.45, 2.75) is 19.8 Å². The molecule has 2 heterocycles. The Balaban J connectivity index is 2.70. The Morgan fingerprint density at radius 1 is 1.33 bits per heavy atom. The zero-order valence-corrected chi connectivity index (χ0v) is 11.5. The highest BCUT2D eigenvalue weighted by atomic mass is 35.5. The van der Waals surface area contributed by atoms with Crippen molar-refractivity contribution >= 4 is 40.4 Å². The molecule has 0 amide bonds. The van der Waals surface area contributed by atoms with Crippen LogP contribution in [0.25, 0.3) is 11.2 Å². The van der Waals surface area contributed by atoms with Gasteiger partial charge in [0.05, 0.1) is 7.11 Å². The van der Waals surface area contributed by atoms with Crippen LogP contribution in [-0.2, 0) is 4.74 Å². The van der Waals surface area contributed by atoms with Gasteiger partial charge >= 0.3 is 5.97 Å². The molecule has 2 rings (SSSR count). The lowest BCUT2D eigenvalue weighted by Gasteiger charge is -1.99. The molecule has 0 aliphatic rings. The molecule has 0 fully saturated rings. The number of halogens is 2. The third-order valence-corrected chi connectivity index (χ3v) is 2.98. The molecule has 96 valence electrons. The van der Waals surface area contributed by atoms with E-state index in [2.05, 4.69) is 14.7 Å². The van der Waals surface area contributed by atoms with E-state index in [9.17, 15) is 4.79 Å². The average Bonchev–Trinajstić information content (AvgIpc) is 2.64. The van der Waals surface area contributed by atoms with Gasteiger partial charge in [-0.25, -0.2) is 9.78 Å². The van der Waals surface area contributed by atoms with E-state index in [4.69, 9.17) is 27.6 Å². The SMILES string of the molecule is COC(=O)c1nc2c(Cl)c(C(C)C)oc2nc1Cl. The standard InChI is InChI=1S/C11H10Cl2N2O3/c1-4(2)8-5(12)6-10(18-8)15-9(13)7(14-6)11(16)17-3/h4H,1-3H3. The second-order valence-electron chi connectivity index (χ2n) is 3.94. The maximum Gasteiger partial charge on any atom is 0.359 e. The Hall–Kier alpha value is -1.33. The van der Waals surface area contributed by atoms with Gasteiger partial charge < -0.3 is 9.15 Å². The number of hydrogen-bond acceptors (Lipinski definition) is 5. The number of nitrogens with zero attached hydrogens (tertiary/aromatic N) is 2. The van der Waals surface area contributed by atoms with Gasteiger partial charge in [-0.1, -0.05) is 37.0 Å². The summed E-state index contributed by atoms with van der Waals surface area (Å²) >= 11 is 12.0. The molecule has 18 heavy (non-hydrogen) atoms. The molecular weight excluding hydrogens is 279 g/mol. The van der Waals surface area contributed by atoms with Crippen LogP contribution in [0.3, 0.4) is 0 Å². The molecular formula is C11H10Cl2N2O3. The van der Waals surface area contributed by atoms with Crippen LogP contribution in [0, 0.1) is 0 Å². The number of fused-ring (bicyclic) bond motifs is 1. The number of hydrogen-bond donors (Lipinski definition) is 0. The van der Waals surface area contributed by atoms with Crippen molar-refractivity contribution in [1.29, 1.82) is 0 Å².